The Balaban J connectivity index is 1.86. The minimum absolute atomic E-state index is 0.0938. The number of hydrogen-bond donors (Lipinski definition) is 1. The predicted molar refractivity (Wildman–Crippen MR) is 148 cm³/mol. The first-order valence-electron chi connectivity index (χ1n) is 12.8. The molecule has 1 saturated heterocycles. The number of rotatable bonds is 5. The van der Waals surface area contributed by atoms with Crippen molar-refractivity contribution in [2.45, 2.75) is 24.0 Å². The van der Waals surface area contributed by atoms with Crippen LogP contribution in [-0.4, -0.2) is 64.4 Å². The maximum Gasteiger partial charge on any atom is 0.417 e. The van der Waals surface area contributed by atoms with Crippen LogP contribution in [0.2, 0.25) is 0 Å². The van der Waals surface area contributed by atoms with E-state index < -0.39 is 72.6 Å². The monoisotopic (exact) mass is 635 g/mol. The lowest BCUT2D eigenvalue weighted by Crippen LogP contribution is -2.54. The Bertz CT molecular complexity index is 2000. The zero-order chi connectivity index (χ0) is 32.1. The molecule has 1 aliphatic rings. The number of amides is 1. The summed E-state index contributed by atoms with van der Waals surface area (Å²) in [5.74, 6) is -3.33. The van der Waals surface area contributed by atoms with Crippen LogP contribution in [0.5, 0.6) is 0 Å². The molecule has 2 N–H and O–H groups in total. The van der Waals surface area contributed by atoms with Crippen LogP contribution in [0.4, 0.5) is 27.8 Å². The first kappa shape index (κ1) is 30.7. The highest BCUT2D eigenvalue weighted by atomic mass is 32.2. The van der Waals surface area contributed by atoms with Crippen molar-refractivity contribution in [2.75, 3.05) is 24.5 Å². The minimum Gasteiger partial charge on any atom is -0.350 e. The van der Waals surface area contributed by atoms with Crippen LogP contribution in [0.3, 0.4) is 0 Å². The number of nitrogens with zero attached hydrogens (tertiary/aromatic N) is 6. The zero-order valence-electron chi connectivity index (χ0n) is 22.7. The third-order valence-electron chi connectivity index (χ3n) is 7.05. The number of carbonyl (C=O) groups excluding carboxylic acids is 1. The molecule has 0 aliphatic carbocycles. The fourth-order valence-corrected chi connectivity index (χ4v) is 5.79. The van der Waals surface area contributed by atoms with Gasteiger partial charge in [-0.15, -0.1) is 0 Å². The van der Waals surface area contributed by atoms with Gasteiger partial charge in [0.15, 0.2) is 11.5 Å². The molecule has 1 atom stereocenters. The zero-order valence-corrected chi connectivity index (χ0v) is 23.5. The van der Waals surface area contributed by atoms with Crippen molar-refractivity contribution < 1.29 is 35.2 Å². The quantitative estimate of drug-likeness (QED) is 0.260. The van der Waals surface area contributed by atoms with Crippen LogP contribution < -0.4 is 15.7 Å². The van der Waals surface area contributed by atoms with Crippen molar-refractivity contribution in [3.8, 4) is 16.9 Å². The van der Waals surface area contributed by atoms with E-state index in [1.807, 2.05) is 0 Å². The fourth-order valence-electron chi connectivity index (χ4n) is 5.10. The third kappa shape index (κ3) is 5.39. The molecule has 4 heterocycles. The minimum atomic E-state index is -5.12. The first-order chi connectivity index (χ1) is 20.6. The van der Waals surface area contributed by atoms with Gasteiger partial charge in [-0.1, -0.05) is 12.6 Å². The van der Waals surface area contributed by atoms with E-state index >= 15 is 4.39 Å². The van der Waals surface area contributed by atoms with E-state index in [-0.39, 0.29) is 36.7 Å². The Labute approximate surface area is 246 Å². The van der Waals surface area contributed by atoms with Gasteiger partial charge in [0, 0.05) is 31.9 Å². The Morgan fingerprint density at radius 2 is 1.86 bits per heavy atom. The number of pyridine rings is 2. The summed E-state index contributed by atoms with van der Waals surface area (Å²) < 4.78 is 97.9. The highest BCUT2D eigenvalue weighted by Crippen LogP contribution is 2.40. The molecule has 1 aliphatic heterocycles. The summed E-state index contributed by atoms with van der Waals surface area (Å²) in [6.07, 6.45) is -1.99. The number of primary sulfonamides is 1. The number of aromatic nitrogens is 4. The predicted octanol–water partition coefficient (Wildman–Crippen LogP) is 3.01. The van der Waals surface area contributed by atoms with E-state index in [9.17, 15) is 35.6 Å². The molecule has 1 fully saturated rings. The largest absolute Gasteiger partial charge is 0.417 e. The lowest BCUT2D eigenvalue weighted by Gasteiger charge is -2.40. The second kappa shape index (κ2) is 11.1. The smallest absolute Gasteiger partial charge is 0.350 e. The Kier molecular flexibility index (Phi) is 7.71. The number of sulfonamides is 1. The van der Waals surface area contributed by atoms with Crippen molar-refractivity contribution in [2.24, 2.45) is 5.14 Å². The van der Waals surface area contributed by atoms with Crippen molar-refractivity contribution >= 4 is 32.8 Å². The molecule has 11 nitrogen and oxygen atoms in total. The van der Waals surface area contributed by atoms with Gasteiger partial charge in [0.05, 0.1) is 28.4 Å². The van der Waals surface area contributed by atoms with E-state index in [0.717, 1.165) is 36.7 Å². The summed E-state index contributed by atoms with van der Waals surface area (Å²) in [7, 11) is -4.52. The number of anilines is 1. The first-order valence-corrected chi connectivity index (χ1v) is 14.3. The molecule has 44 heavy (non-hydrogen) atoms. The van der Waals surface area contributed by atoms with Crippen LogP contribution in [0.1, 0.15) is 12.5 Å². The second-order valence-electron chi connectivity index (χ2n) is 9.82. The molecule has 1 amide bonds. The lowest BCUT2D eigenvalue weighted by atomic mass is 10.0. The fraction of sp³-hybridized carbons (Fsp3) is 0.222. The van der Waals surface area contributed by atoms with Gasteiger partial charge in [0.1, 0.15) is 22.2 Å². The lowest BCUT2D eigenvalue weighted by molar-refractivity contribution is -0.137. The van der Waals surface area contributed by atoms with Crippen LogP contribution in [0.25, 0.3) is 28.0 Å². The average molecular weight is 636 g/mol. The van der Waals surface area contributed by atoms with Gasteiger partial charge in [-0.25, -0.2) is 36.7 Å². The highest BCUT2D eigenvalue weighted by molar-refractivity contribution is 7.89. The molecule has 4 aromatic rings. The summed E-state index contributed by atoms with van der Waals surface area (Å²) in [5, 5.41) is 5.12. The molecule has 0 radical (unpaired) electrons. The SMILES string of the molecule is C=CC(=O)N1CCN(c2nc(=O)n(-c3cnccc3S(N)(=O)=O)c3nc(-c4c(F)cccc4C(F)(F)F)c(F)cc23)[C@@H](C)C1. The van der Waals surface area contributed by atoms with E-state index in [4.69, 9.17) is 5.14 Å². The Hall–Kier alpha value is -4.77. The van der Waals surface area contributed by atoms with Crippen molar-refractivity contribution in [1.82, 2.24) is 24.4 Å². The van der Waals surface area contributed by atoms with E-state index in [1.54, 1.807) is 11.8 Å². The van der Waals surface area contributed by atoms with Crippen molar-refractivity contribution in [3.05, 3.63) is 83.1 Å². The number of nitrogens with two attached hydrogens (primary N) is 1. The van der Waals surface area contributed by atoms with Gasteiger partial charge in [0.2, 0.25) is 15.9 Å². The van der Waals surface area contributed by atoms with E-state index in [2.05, 4.69) is 21.5 Å². The molecule has 0 bridgehead atoms. The summed E-state index contributed by atoms with van der Waals surface area (Å²) in [5.41, 5.74) is -6.05. The molecule has 230 valence electrons. The van der Waals surface area contributed by atoms with Crippen LogP contribution >= 0.6 is 0 Å². The summed E-state index contributed by atoms with van der Waals surface area (Å²) in [6, 6.07) is 3.22. The average Bonchev–Trinajstić information content (AvgIpc) is 2.95. The maximum atomic E-state index is 15.8. The number of piperazine rings is 1. The van der Waals surface area contributed by atoms with Crippen LogP contribution in [-0.2, 0) is 21.0 Å². The molecule has 0 spiro atoms. The molecule has 1 aromatic carbocycles. The highest BCUT2D eigenvalue weighted by Gasteiger charge is 2.37. The Morgan fingerprint density at radius 1 is 1.14 bits per heavy atom. The molecule has 17 heteroatoms. The number of halogens is 5. The molecular weight excluding hydrogens is 613 g/mol. The van der Waals surface area contributed by atoms with Crippen molar-refractivity contribution in [3.63, 3.8) is 0 Å². The van der Waals surface area contributed by atoms with Gasteiger partial charge in [-0.05, 0) is 37.3 Å². The van der Waals surface area contributed by atoms with E-state index in [0.29, 0.717) is 16.7 Å². The number of fused-ring (bicyclic) bond motifs is 1. The molecular formula is C27H22F5N7O4S. The van der Waals surface area contributed by atoms with Gasteiger partial charge in [-0.3, -0.25) is 9.78 Å². The number of hydrogen-bond acceptors (Lipinski definition) is 8. The maximum absolute atomic E-state index is 15.8. The number of benzene rings is 1. The number of alkyl halides is 3. The van der Waals surface area contributed by atoms with Gasteiger partial charge in [-0.2, -0.15) is 18.2 Å². The van der Waals surface area contributed by atoms with Crippen LogP contribution in [0.15, 0.2) is 65.1 Å². The standard InChI is InChI=1S/C27H22F5N7O4S/c1-3-21(40)37-9-10-38(14(2)13-37)24-15-11-18(29)23(22-16(27(30,31)32)5-4-6-17(22)28)35-25(15)39(26(41)36-24)19-12-34-8-7-20(19)44(33,42)43/h3-8,11-12,14H,1,9-10,13H2,2H3,(H2,33,42,43)/t14-/m0/s1. The Morgan fingerprint density at radius 3 is 2.50 bits per heavy atom. The third-order valence-corrected chi connectivity index (χ3v) is 8.01. The molecule has 0 unspecified atom stereocenters. The van der Waals surface area contributed by atoms with Gasteiger partial charge >= 0.3 is 11.9 Å². The summed E-state index contributed by atoms with van der Waals surface area (Å²) in [6.45, 7) is 5.54. The summed E-state index contributed by atoms with van der Waals surface area (Å²) >= 11 is 0. The van der Waals surface area contributed by atoms with Gasteiger partial charge in [0.25, 0.3) is 0 Å². The molecule has 5 rings (SSSR count). The normalized spacial score (nSPS) is 15.9. The molecule has 0 saturated carbocycles. The summed E-state index contributed by atoms with van der Waals surface area (Å²) in [4.78, 5) is 40.1. The topological polar surface area (TPSA) is 144 Å². The van der Waals surface area contributed by atoms with Crippen molar-refractivity contribution in [1.29, 1.82) is 0 Å². The number of carbonyl (C=O) groups is 1. The molecule has 3 aromatic heterocycles. The van der Waals surface area contributed by atoms with Gasteiger partial charge < -0.3 is 9.80 Å². The van der Waals surface area contributed by atoms with Crippen LogP contribution in [0, 0.1) is 11.6 Å². The van der Waals surface area contributed by atoms with E-state index in [1.165, 1.54) is 4.90 Å². The second-order valence-corrected chi connectivity index (χ2v) is 11.4.